The number of nitrogens with zero attached hydrogens (tertiary/aromatic N) is 2. The highest BCUT2D eigenvalue weighted by atomic mass is 32.2. The van der Waals surface area contributed by atoms with Gasteiger partial charge in [0, 0.05) is 25.7 Å². The van der Waals surface area contributed by atoms with Crippen molar-refractivity contribution in [3.8, 4) is 0 Å². The summed E-state index contributed by atoms with van der Waals surface area (Å²) in [5.74, 6) is -0.386. The van der Waals surface area contributed by atoms with Crippen molar-refractivity contribution in [2.24, 2.45) is 0 Å². The topological polar surface area (TPSA) is 122 Å². The first-order valence-electron chi connectivity index (χ1n) is 6.15. The molecule has 0 bridgehead atoms. The highest BCUT2D eigenvalue weighted by Gasteiger charge is 2.33. The number of carbonyl (C=O) groups excluding carboxylic acids is 1. The van der Waals surface area contributed by atoms with Crippen LogP contribution in [0, 0.1) is 10.1 Å². The fourth-order valence-corrected chi connectivity index (χ4v) is 4.80. The summed E-state index contributed by atoms with van der Waals surface area (Å²) in [4.78, 5) is 21.6. The van der Waals surface area contributed by atoms with Crippen LogP contribution in [0.5, 0.6) is 0 Å². The molecule has 1 fully saturated rings. The Morgan fingerprint density at radius 1 is 1.57 bits per heavy atom. The predicted molar refractivity (Wildman–Crippen MR) is 76.9 cm³/mol. The van der Waals surface area contributed by atoms with Crippen molar-refractivity contribution in [2.75, 3.05) is 31.5 Å². The van der Waals surface area contributed by atoms with Gasteiger partial charge >= 0.3 is 5.69 Å². The Hall–Kier alpha value is -1.72. The van der Waals surface area contributed by atoms with Crippen molar-refractivity contribution < 1.29 is 18.1 Å². The molecule has 2 N–H and O–H groups in total. The molecule has 1 aliphatic heterocycles. The average molecular weight is 334 g/mol. The van der Waals surface area contributed by atoms with E-state index in [4.69, 9.17) is 0 Å². The molecule has 1 amide bonds. The maximum atomic E-state index is 12.4. The minimum Gasteiger partial charge on any atom is -0.372 e. The van der Waals surface area contributed by atoms with Crippen LogP contribution in [0.1, 0.15) is 6.92 Å². The fourth-order valence-electron chi connectivity index (χ4n) is 1.86. The molecule has 0 atom stereocenters. The molecule has 9 nitrogen and oxygen atoms in total. The second kappa shape index (κ2) is 5.95. The number of thiophene rings is 1. The molecule has 0 aromatic carbocycles. The van der Waals surface area contributed by atoms with Gasteiger partial charge in [-0.3, -0.25) is 14.9 Å². The smallest absolute Gasteiger partial charge is 0.304 e. The first-order valence-corrected chi connectivity index (χ1v) is 8.41. The maximum absolute atomic E-state index is 12.4. The van der Waals surface area contributed by atoms with E-state index >= 15 is 0 Å². The SMILES string of the molecule is CCNc1sc(S(=O)(=O)N2CCNC(=O)C2)cc1[N+](=O)[O-]. The molecule has 0 saturated carbocycles. The monoisotopic (exact) mass is 334 g/mol. The Labute approximate surface area is 125 Å². The summed E-state index contributed by atoms with van der Waals surface area (Å²) < 4.78 is 25.7. The maximum Gasteiger partial charge on any atom is 0.304 e. The summed E-state index contributed by atoms with van der Waals surface area (Å²) in [6.07, 6.45) is 0. The molecule has 1 aromatic rings. The van der Waals surface area contributed by atoms with E-state index in [1.54, 1.807) is 6.92 Å². The average Bonchev–Trinajstić information content (AvgIpc) is 2.84. The lowest BCUT2D eigenvalue weighted by Crippen LogP contribution is -2.49. The van der Waals surface area contributed by atoms with Crippen LogP contribution in [-0.4, -0.2) is 49.7 Å². The number of nitro groups is 1. The van der Waals surface area contributed by atoms with Crippen LogP contribution in [0.2, 0.25) is 0 Å². The molecule has 0 spiro atoms. The summed E-state index contributed by atoms with van der Waals surface area (Å²) in [5, 5.41) is 16.5. The molecule has 1 saturated heterocycles. The van der Waals surface area contributed by atoms with Crippen LogP contribution in [0.25, 0.3) is 0 Å². The molecule has 21 heavy (non-hydrogen) atoms. The fraction of sp³-hybridized carbons (Fsp3) is 0.500. The van der Waals surface area contributed by atoms with Gasteiger partial charge in [-0.25, -0.2) is 8.42 Å². The van der Waals surface area contributed by atoms with Gasteiger partial charge in [0.2, 0.25) is 5.91 Å². The highest BCUT2D eigenvalue weighted by Crippen LogP contribution is 2.38. The molecular formula is C10H14N4O5S2. The number of anilines is 1. The Morgan fingerprint density at radius 3 is 2.86 bits per heavy atom. The quantitative estimate of drug-likeness (QED) is 0.586. The zero-order chi connectivity index (χ0) is 15.6. The van der Waals surface area contributed by atoms with Crippen molar-refractivity contribution in [3.05, 3.63) is 16.2 Å². The van der Waals surface area contributed by atoms with E-state index in [1.165, 1.54) is 0 Å². The van der Waals surface area contributed by atoms with Gasteiger partial charge < -0.3 is 10.6 Å². The summed E-state index contributed by atoms with van der Waals surface area (Å²) in [6.45, 7) is 2.30. The third kappa shape index (κ3) is 3.14. The standard InChI is InChI=1S/C10H14N4O5S2/c1-2-11-10-7(14(16)17)5-9(20-10)21(18,19)13-4-3-12-8(15)6-13/h5,11H,2-4,6H2,1H3,(H,12,15). The minimum absolute atomic E-state index is 0.139. The van der Waals surface area contributed by atoms with Crippen molar-refractivity contribution in [1.29, 1.82) is 0 Å². The van der Waals surface area contributed by atoms with E-state index in [1.807, 2.05) is 0 Å². The van der Waals surface area contributed by atoms with Crippen molar-refractivity contribution >= 4 is 38.0 Å². The van der Waals surface area contributed by atoms with E-state index < -0.39 is 14.9 Å². The molecule has 2 heterocycles. The number of amides is 1. The van der Waals surface area contributed by atoms with Crippen LogP contribution < -0.4 is 10.6 Å². The van der Waals surface area contributed by atoms with Crippen LogP contribution in [0.15, 0.2) is 10.3 Å². The van der Waals surface area contributed by atoms with E-state index in [2.05, 4.69) is 10.6 Å². The van der Waals surface area contributed by atoms with Crippen LogP contribution in [-0.2, 0) is 14.8 Å². The number of rotatable bonds is 5. The Bertz CT molecular complexity index is 669. The predicted octanol–water partition coefficient (Wildman–Crippen LogP) is 0.209. The third-order valence-corrected chi connectivity index (χ3v) is 6.20. The van der Waals surface area contributed by atoms with Gasteiger partial charge in [-0.15, -0.1) is 0 Å². The Morgan fingerprint density at radius 2 is 2.29 bits per heavy atom. The number of hydrogen-bond acceptors (Lipinski definition) is 7. The summed E-state index contributed by atoms with van der Waals surface area (Å²) in [6, 6.07) is 1.03. The lowest BCUT2D eigenvalue weighted by atomic mass is 10.4. The molecular weight excluding hydrogens is 320 g/mol. The van der Waals surface area contributed by atoms with E-state index in [0.29, 0.717) is 6.54 Å². The molecule has 11 heteroatoms. The number of piperazine rings is 1. The zero-order valence-electron chi connectivity index (χ0n) is 11.2. The molecule has 0 radical (unpaired) electrons. The lowest BCUT2D eigenvalue weighted by Gasteiger charge is -2.25. The van der Waals surface area contributed by atoms with Gasteiger partial charge in [-0.2, -0.15) is 4.31 Å². The number of nitrogens with one attached hydrogen (secondary N) is 2. The van der Waals surface area contributed by atoms with Crippen LogP contribution >= 0.6 is 11.3 Å². The van der Waals surface area contributed by atoms with Crippen LogP contribution in [0.3, 0.4) is 0 Å². The number of sulfonamides is 1. The Kier molecular flexibility index (Phi) is 4.44. The molecule has 0 unspecified atom stereocenters. The van der Waals surface area contributed by atoms with E-state index in [9.17, 15) is 23.3 Å². The summed E-state index contributed by atoms with van der Waals surface area (Å²) in [5.41, 5.74) is -0.276. The van der Waals surface area contributed by atoms with Crippen molar-refractivity contribution in [1.82, 2.24) is 9.62 Å². The van der Waals surface area contributed by atoms with Gasteiger partial charge in [-0.1, -0.05) is 11.3 Å². The van der Waals surface area contributed by atoms with E-state index in [0.717, 1.165) is 21.7 Å². The third-order valence-electron chi connectivity index (χ3n) is 2.82. The normalized spacial score (nSPS) is 16.5. The van der Waals surface area contributed by atoms with Crippen LogP contribution in [0.4, 0.5) is 10.7 Å². The van der Waals surface area contributed by atoms with E-state index in [-0.39, 0.29) is 40.4 Å². The van der Waals surface area contributed by atoms with Gasteiger partial charge in [0.1, 0.15) is 4.21 Å². The second-order valence-electron chi connectivity index (χ2n) is 4.26. The lowest BCUT2D eigenvalue weighted by molar-refractivity contribution is -0.383. The van der Waals surface area contributed by atoms with Gasteiger partial charge in [0.05, 0.1) is 11.5 Å². The summed E-state index contributed by atoms with van der Waals surface area (Å²) in [7, 11) is -3.90. The van der Waals surface area contributed by atoms with Crippen molar-refractivity contribution in [2.45, 2.75) is 11.1 Å². The second-order valence-corrected chi connectivity index (χ2v) is 7.47. The van der Waals surface area contributed by atoms with Gasteiger partial charge in [0.25, 0.3) is 10.0 Å². The molecule has 1 aliphatic rings. The van der Waals surface area contributed by atoms with Crippen molar-refractivity contribution in [3.63, 3.8) is 0 Å². The summed E-state index contributed by atoms with van der Waals surface area (Å²) >= 11 is 0.800. The molecule has 2 rings (SSSR count). The van der Waals surface area contributed by atoms with Gasteiger partial charge in [-0.05, 0) is 6.92 Å². The molecule has 116 valence electrons. The minimum atomic E-state index is -3.90. The molecule has 0 aliphatic carbocycles. The van der Waals surface area contributed by atoms with Gasteiger partial charge in [0.15, 0.2) is 5.00 Å². The molecule has 1 aromatic heterocycles. The first kappa shape index (κ1) is 15.7. The number of hydrogen-bond donors (Lipinski definition) is 2. The Balaban J connectivity index is 2.38. The first-order chi connectivity index (χ1) is 9.86. The number of carbonyl (C=O) groups is 1. The zero-order valence-corrected chi connectivity index (χ0v) is 12.8. The largest absolute Gasteiger partial charge is 0.372 e. The highest BCUT2D eigenvalue weighted by molar-refractivity contribution is 7.91.